The lowest BCUT2D eigenvalue weighted by Crippen LogP contribution is -2.49. The maximum absolute atomic E-state index is 13.9. The number of carbonyl (C=O) groups excluding carboxylic acids is 1. The van der Waals surface area contributed by atoms with Crippen molar-refractivity contribution in [3.05, 3.63) is 63.6 Å². The van der Waals surface area contributed by atoms with E-state index in [4.69, 9.17) is 23.2 Å². The maximum atomic E-state index is 13.9. The molecule has 3 nitrogen and oxygen atoms in total. The van der Waals surface area contributed by atoms with E-state index in [1.54, 1.807) is 18.2 Å². The molecule has 1 amide bonds. The van der Waals surface area contributed by atoms with Gasteiger partial charge in [-0.1, -0.05) is 35.3 Å². The number of anilines is 1. The average Bonchev–Trinajstić information content (AvgIpc) is 2.54. The van der Waals surface area contributed by atoms with Crippen molar-refractivity contribution in [3.63, 3.8) is 0 Å². The van der Waals surface area contributed by atoms with Gasteiger partial charge < -0.3 is 10.0 Å². The Morgan fingerprint density at radius 2 is 1.84 bits per heavy atom. The van der Waals surface area contributed by atoms with E-state index in [1.807, 2.05) is 0 Å². The Bertz CT molecular complexity index is 795. The van der Waals surface area contributed by atoms with Crippen molar-refractivity contribution in [2.75, 3.05) is 11.4 Å². The molecule has 1 fully saturated rings. The number of carbonyl (C=O) groups is 1. The smallest absolute Gasteiger partial charge is 0.255 e. The van der Waals surface area contributed by atoms with Gasteiger partial charge in [-0.05, 0) is 42.5 Å². The highest BCUT2D eigenvalue weighted by molar-refractivity contribution is 6.40. The monoisotopic (exact) mass is 385 g/mol. The summed E-state index contributed by atoms with van der Waals surface area (Å²) in [5.74, 6) is -2.01. The molecule has 1 aliphatic heterocycles. The van der Waals surface area contributed by atoms with E-state index in [0.29, 0.717) is 21.3 Å². The van der Waals surface area contributed by atoms with E-state index in [2.05, 4.69) is 0 Å². The molecule has 0 aliphatic carbocycles. The van der Waals surface area contributed by atoms with Gasteiger partial charge in [0.15, 0.2) is 0 Å². The first-order valence-corrected chi connectivity index (χ1v) is 8.49. The molecule has 1 aliphatic rings. The number of hydrogen-bond acceptors (Lipinski definition) is 2. The van der Waals surface area contributed by atoms with Crippen molar-refractivity contribution >= 4 is 34.8 Å². The molecule has 132 valence electrons. The number of benzene rings is 2. The second-order valence-corrected chi connectivity index (χ2v) is 6.89. The Morgan fingerprint density at radius 3 is 2.48 bits per heavy atom. The summed E-state index contributed by atoms with van der Waals surface area (Å²) < 4.78 is 27.0. The molecule has 2 aromatic carbocycles. The van der Waals surface area contributed by atoms with Gasteiger partial charge in [-0.3, -0.25) is 4.79 Å². The highest BCUT2D eigenvalue weighted by atomic mass is 35.5. The molecule has 2 atom stereocenters. The van der Waals surface area contributed by atoms with Crippen molar-refractivity contribution < 1.29 is 18.7 Å². The summed E-state index contributed by atoms with van der Waals surface area (Å²) in [6.45, 7) is 0.232. The van der Waals surface area contributed by atoms with E-state index in [0.717, 1.165) is 6.07 Å². The number of halogens is 4. The number of nitrogens with zero attached hydrogens (tertiary/aromatic N) is 1. The van der Waals surface area contributed by atoms with Crippen LogP contribution >= 0.6 is 23.2 Å². The molecule has 0 spiro atoms. The summed E-state index contributed by atoms with van der Waals surface area (Å²) in [4.78, 5) is 13.7. The predicted molar refractivity (Wildman–Crippen MR) is 93.0 cm³/mol. The van der Waals surface area contributed by atoms with Crippen LogP contribution in [0.15, 0.2) is 36.4 Å². The van der Waals surface area contributed by atoms with E-state index < -0.39 is 23.6 Å². The topological polar surface area (TPSA) is 40.5 Å². The van der Waals surface area contributed by atoms with Crippen LogP contribution in [-0.2, 0) is 11.2 Å². The van der Waals surface area contributed by atoms with E-state index in [9.17, 15) is 18.7 Å². The highest BCUT2D eigenvalue weighted by Gasteiger charge is 2.35. The molecular weight excluding hydrogens is 371 g/mol. The minimum atomic E-state index is -1.23. The molecule has 0 bridgehead atoms. The summed E-state index contributed by atoms with van der Waals surface area (Å²) in [6.07, 6.45) is -0.780. The van der Waals surface area contributed by atoms with E-state index in [1.165, 1.54) is 17.0 Å². The minimum absolute atomic E-state index is 0.189. The Kier molecular flexibility index (Phi) is 5.27. The standard InChI is InChI=1S/C18H15Cl2F2NO2/c19-13-2-1-3-14(20)17(13)23-9-10(7-16(24)18(23)25)6-11-4-5-12(21)8-15(11)22/h1-5,8,10,16,24H,6-7,9H2/t10-,16+/m1/s1. The SMILES string of the molecule is O=C1[C@@H](O)C[C@@H](Cc2ccc(F)cc2F)CN1c1c(Cl)cccc1Cl. The van der Waals surface area contributed by atoms with Crippen molar-refractivity contribution in [3.8, 4) is 0 Å². The molecular formula is C18H15Cl2F2NO2. The van der Waals surface area contributed by atoms with Crippen LogP contribution in [-0.4, -0.2) is 23.7 Å². The molecule has 1 heterocycles. The Balaban J connectivity index is 1.87. The van der Waals surface area contributed by atoms with Crippen molar-refractivity contribution in [2.45, 2.75) is 18.9 Å². The van der Waals surface area contributed by atoms with Gasteiger partial charge >= 0.3 is 0 Å². The van der Waals surface area contributed by atoms with Crippen LogP contribution in [0.4, 0.5) is 14.5 Å². The molecule has 1 saturated heterocycles. The molecule has 0 saturated carbocycles. The second kappa shape index (κ2) is 7.28. The van der Waals surface area contributed by atoms with Gasteiger partial charge in [0.1, 0.15) is 17.7 Å². The number of piperidine rings is 1. The van der Waals surface area contributed by atoms with Crippen molar-refractivity contribution in [1.29, 1.82) is 0 Å². The van der Waals surface area contributed by atoms with E-state index in [-0.39, 0.29) is 25.3 Å². The van der Waals surface area contributed by atoms with Crippen LogP contribution in [0.3, 0.4) is 0 Å². The van der Waals surface area contributed by atoms with Crippen LogP contribution in [0.25, 0.3) is 0 Å². The minimum Gasteiger partial charge on any atom is -0.383 e. The summed E-state index contributed by atoms with van der Waals surface area (Å²) in [5.41, 5.74) is 0.664. The van der Waals surface area contributed by atoms with Crippen LogP contribution in [0, 0.1) is 17.6 Å². The van der Waals surface area contributed by atoms with Crippen LogP contribution in [0.2, 0.25) is 10.0 Å². The number of aliphatic hydroxyl groups is 1. The molecule has 2 aromatic rings. The molecule has 1 N–H and O–H groups in total. The van der Waals surface area contributed by atoms with Gasteiger partial charge in [0.25, 0.3) is 5.91 Å². The Morgan fingerprint density at radius 1 is 1.16 bits per heavy atom. The van der Waals surface area contributed by atoms with Gasteiger partial charge in [-0.2, -0.15) is 0 Å². The van der Waals surface area contributed by atoms with Crippen LogP contribution in [0.5, 0.6) is 0 Å². The lowest BCUT2D eigenvalue weighted by atomic mass is 9.89. The maximum Gasteiger partial charge on any atom is 0.255 e. The van der Waals surface area contributed by atoms with Crippen LogP contribution < -0.4 is 4.90 Å². The summed E-state index contributed by atoms with van der Waals surface area (Å²) in [6, 6.07) is 8.25. The molecule has 7 heteroatoms. The van der Waals surface area contributed by atoms with Gasteiger partial charge in [-0.25, -0.2) is 8.78 Å². The highest BCUT2D eigenvalue weighted by Crippen LogP contribution is 2.37. The summed E-state index contributed by atoms with van der Waals surface area (Å²) in [5, 5.41) is 10.7. The lowest BCUT2D eigenvalue weighted by Gasteiger charge is -2.36. The molecule has 0 unspecified atom stereocenters. The second-order valence-electron chi connectivity index (χ2n) is 6.08. The first kappa shape index (κ1) is 18.1. The fourth-order valence-electron chi connectivity index (χ4n) is 3.11. The first-order valence-electron chi connectivity index (χ1n) is 7.74. The fourth-order valence-corrected chi connectivity index (χ4v) is 3.72. The largest absolute Gasteiger partial charge is 0.383 e. The summed E-state index contributed by atoms with van der Waals surface area (Å²) in [7, 11) is 0. The average molecular weight is 386 g/mol. The number of rotatable bonds is 3. The Labute approximate surface area is 153 Å². The zero-order valence-corrected chi connectivity index (χ0v) is 14.6. The molecule has 0 aromatic heterocycles. The van der Waals surface area contributed by atoms with Crippen molar-refractivity contribution in [2.24, 2.45) is 5.92 Å². The van der Waals surface area contributed by atoms with Gasteiger partial charge in [0.2, 0.25) is 0 Å². The molecule has 25 heavy (non-hydrogen) atoms. The normalized spacial score (nSPS) is 20.8. The summed E-state index contributed by atoms with van der Waals surface area (Å²) >= 11 is 12.3. The zero-order valence-electron chi connectivity index (χ0n) is 13.1. The zero-order chi connectivity index (χ0) is 18.1. The fraction of sp³-hybridized carbons (Fsp3) is 0.278. The molecule has 3 rings (SSSR count). The number of amides is 1. The van der Waals surface area contributed by atoms with E-state index >= 15 is 0 Å². The Hall–Kier alpha value is -1.69. The van der Waals surface area contributed by atoms with Crippen LogP contribution in [0.1, 0.15) is 12.0 Å². The number of hydrogen-bond donors (Lipinski definition) is 1. The quantitative estimate of drug-likeness (QED) is 0.858. The van der Waals surface area contributed by atoms with Gasteiger partial charge in [0.05, 0.1) is 15.7 Å². The third-order valence-corrected chi connectivity index (χ3v) is 4.89. The molecule has 0 radical (unpaired) electrons. The third-order valence-electron chi connectivity index (χ3n) is 4.28. The van der Waals surface area contributed by atoms with Gasteiger partial charge in [0, 0.05) is 12.6 Å². The van der Waals surface area contributed by atoms with Crippen molar-refractivity contribution in [1.82, 2.24) is 0 Å². The lowest BCUT2D eigenvalue weighted by molar-refractivity contribution is -0.129. The van der Waals surface area contributed by atoms with Gasteiger partial charge in [-0.15, -0.1) is 0 Å². The first-order chi connectivity index (χ1) is 11.9. The third kappa shape index (κ3) is 3.78. The predicted octanol–water partition coefficient (Wildman–Crippen LogP) is 4.23. The number of para-hydroxylation sites is 1. The number of aliphatic hydroxyl groups excluding tert-OH is 1.